The Labute approximate surface area is 75.8 Å². The van der Waals surface area contributed by atoms with E-state index in [4.69, 9.17) is 0 Å². The fraction of sp³-hybridized carbons (Fsp3) is 0.875. The van der Waals surface area contributed by atoms with Crippen molar-refractivity contribution in [2.24, 2.45) is 11.1 Å². The molecule has 0 fully saturated rings. The van der Waals surface area contributed by atoms with Crippen LogP contribution >= 0.6 is 0 Å². The molecule has 0 aliphatic heterocycles. The summed E-state index contributed by atoms with van der Waals surface area (Å²) in [7, 11) is 0. The molecule has 0 bridgehead atoms. The van der Waals surface area contributed by atoms with E-state index in [2.05, 4.69) is 9.99 Å². The second-order valence-electron chi connectivity index (χ2n) is 3.09. The van der Waals surface area contributed by atoms with E-state index in [9.17, 15) is 13.2 Å². The summed E-state index contributed by atoms with van der Waals surface area (Å²) in [4.78, 5) is 4.50. The zero-order valence-electron chi connectivity index (χ0n) is 7.98. The van der Waals surface area contributed by atoms with Gasteiger partial charge in [0.15, 0.2) is 0 Å². The molecule has 0 aliphatic rings. The molecule has 78 valence electrons. The van der Waals surface area contributed by atoms with Crippen molar-refractivity contribution in [3.05, 3.63) is 0 Å². The number of nitrogens with zero attached hydrogens (tertiary/aromatic N) is 1. The summed E-state index contributed by atoms with van der Waals surface area (Å²) in [5, 5.41) is 3.54. The van der Waals surface area contributed by atoms with Gasteiger partial charge in [0, 0.05) is 0 Å². The average molecular weight is 197 g/mol. The van der Waals surface area contributed by atoms with Crippen LogP contribution in [-0.4, -0.2) is 18.5 Å². The molecule has 0 aromatic carbocycles. The zero-order chi connectivity index (χ0) is 10.5. The van der Waals surface area contributed by atoms with Gasteiger partial charge in [-0.1, -0.05) is 19.0 Å². The van der Waals surface area contributed by atoms with E-state index in [0.717, 1.165) is 0 Å². The first kappa shape index (κ1) is 12.3. The van der Waals surface area contributed by atoms with Gasteiger partial charge in [-0.15, -0.1) is 0 Å². The van der Waals surface area contributed by atoms with Gasteiger partial charge in [0.2, 0.25) is 0 Å². The van der Waals surface area contributed by atoms with Crippen molar-refractivity contribution in [2.75, 3.05) is 6.61 Å². The summed E-state index contributed by atoms with van der Waals surface area (Å²) < 4.78 is 34.8. The Morgan fingerprint density at radius 2 is 1.92 bits per heavy atom. The standard InChI is InChI=1S/C8H14F3NO/c1-6(2)7(3)12-13-5-4-8(9,10)11/h6H,4-5H2,1-3H3/b12-7+. The van der Waals surface area contributed by atoms with Crippen LogP contribution in [0.4, 0.5) is 13.2 Å². The normalized spacial score (nSPS) is 13.6. The van der Waals surface area contributed by atoms with Crippen LogP contribution in [0, 0.1) is 5.92 Å². The maximum atomic E-state index is 11.6. The summed E-state index contributed by atoms with van der Waals surface area (Å²) in [6, 6.07) is 0. The maximum absolute atomic E-state index is 11.6. The Morgan fingerprint density at radius 1 is 1.38 bits per heavy atom. The molecule has 0 heterocycles. The lowest BCUT2D eigenvalue weighted by molar-refractivity contribution is -0.145. The molecule has 0 unspecified atom stereocenters. The molecule has 0 spiro atoms. The molecule has 0 atom stereocenters. The fourth-order valence-electron chi connectivity index (χ4n) is 0.414. The van der Waals surface area contributed by atoms with Crippen LogP contribution in [0.5, 0.6) is 0 Å². The quantitative estimate of drug-likeness (QED) is 0.385. The second kappa shape index (κ2) is 5.09. The largest absolute Gasteiger partial charge is 0.396 e. The lowest BCUT2D eigenvalue weighted by Crippen LogP contribution is -2.11. The summed E-state index contributed by atoms with van der Waals surface area (Å²) in [5.74, 6) is 0.200. The first-order chi connectivity index (χ1) is 5.83. The Hall–Kier alpha value is -0.740. The van der Waals surface area contributed by atoms with Crippen molar-refractivity contribution in [2.45, 2.75) is 33.4 Å². The molecule has 0 saturated carbocycles. The Kier molecular flexibility index (Phi) is 4.80. The van der Waals surface area contributed by atoms with Crippen LogP contribution in [-0.2, 0) is 4.84 Å². The maximum Gasteiger partial charge on any atom is 0.392 e. The van der Waals surface area contributed by atoms with E-state index >= 15 is 0 Å². The number of halogens is 3. The molecule has 0 aliphatic carbocycles. The molecule has 0 rings (SSSR count). The van der Waals surface area contributed by atoms with E-state index in [1.807, 2.05) is 13.8 Å². The molecule has 0 amide bonds. The van der Waals surface area contributed by atoms with Crippen molar-refractivity contribution in [3.63, 3.8) is 0 Å². The summed E-state index contributed by atoms with van der Waals surface area (Å²) in [6.45, 7) is 5.10. The lowest BCUT2D eigenvalue weighted by Gasteiger charge is -2.06. The van der Waals surface area contributed by atoms with Gasteiger partial charge in [-0.25, -0.2) is 0 Å². The highest BCUT2D eigenvalue weighted by Gasteiger charge is 2.26. The van der Waals surface area contributed by atoms with Crippen molar-refractivity contribution in [1.29, 1.82) is 0 Å². The van der Waals surface area contributed by atoms with Crippen LogP contribution in [0.15, 0.2) is 5.16 Å². The van der Waals surface area contributed by atoms with Crippen molar-refractivity contribution in [3.8, 4) is 0 Å². The summed E-state index contributed by atoms with van der Waals surface area (Å²) >= 11 is 0. The van der Waals surface area contributed by atoms with Gasteiger partial charge in [0.1, 0.15) is 6.61 Å². The van der Waals surface area contributed by atoms with E-state index in [1.54, 1.807) is 6.92 Å². The fourth-order valence-corrected chi connectivity index (χ4v) is 0.414. The van der Waals surface area contributed by atoms with Crippen LogP contribution in [0.3, 0.4) is 0 Å². The van der Waals surface area contributed by atoms with E-state index in [-0.39, 0.29) is 5.92 Å². The second-order valence-corrected chi connectivity index (χ2v) is 3.09. The SMILES string of the molecule is C/C(=N\OCCC(F)(F)F)C(C)C. The molecule has 0 N–H and O–H groups in total. The topological polar surface area (TPSA) is 21.6 Å². The van der Waals surface area contributed by atoms with Crippen molar-refractivity contribution >= 4 is 5.71 Å². The highest BCUT2D eigenvalue weighted by atomic mass is 19.4. The Bertz CT molecular complexity index is 175. The number of rotatable bonds is 4. The van der Waals surface area contributed by atoms with Crippen LogP contribution in [0.1, 0.15) is 27.2 Å². The van der Waals surface area contributed by atoms with Gasteiger partial charge in [-0.05, 0) is 12.8 Å². The molecule has 0 saturated heterocycles. The molecule has 0 radical (unpaired) electrons. The molecule has 13 heavy (non-hydrogen) atoms. The minimum atomic E-state index is -4.17. The lowest BCUT2D eigenvalue weighted by atomic mass is 10.1. The van der Waals surface area contributed by atoms with E-state index in [1.165, 1.54) is 0 Å². The Morgan fingerprint density at radius 3 is 2.31 bits per heavy atom. The van der Waals surface area contributed by atoms with Gasteiger partial charge in [0.25, 0.3) is 0 Å². The number of oxime groups is 1. The minimum absolute atomic E-state index is 0.200. The number of alkyl halides is 3. The van der Waals surface area contributed by atoms with E-state index in [0.29, 0.717) is 5.71 Å². The predicted molar refractivity (Wildman–Crippen MR) is 44.6 cm³/mol. The average Bonchev–Trinajstić information content (AvgIpc) is 1.95. The third-order valence-electron chi connectivity index (χ3n) is 1.52. The van der Waals surface area contributed by atoms with Crippen LogP contribution in [0.2, 0.25) is 0 Å². The van der Waals surface area contributed by atoms with Gasteiger partial charge >= 0.3 is 6.18 Å². The molecule has 0 aromatic heterocycles. The molecular formula is C8H14F3NO. The van der Waals surface area contributed by atoms with Gasteiger partial charge < -0.3 is 4.84 Å². The Balaban J connectivity index is 3.62. The smallest absolute Gasteiger partial charge is 0.392 e. The van der Waals surface area contributed by atoms with Gasteiger partial charge in [0.05, 0.1) is 12.1 Å². The van der Waals surface area contributed by atoms with Gasteiger partial charge in [-0.3, -0.25) is 0 Å². The zero-order valence-corrected chi connectivity index (χ0v) is 7.98. The van der Waals surface area contributed by atoms with Crippen LogP contribution in [0.25, 0.3) is 0 Å². The first-order valence-corrected chi connectivity index (χ1v) is 4.06. The summed E-state index contributed by atoms with van der Waals surface area (Å²) in [6.07, 6.45) is -5.12. The first-order valence-electron chi connectivity index (χ1n) is 4.06. The number of hydrogen-bond donors (Lipinski definition) is 0. The van der Waals surface area contributed by atoms with Gasteiger partial charge in [-0.2, -0.15) is 13.2 Å². The molecular weight excluding hydrogens is 183 g/mol. The number of hydrogen-bond acceptors (Lipinski definition) is 2. The minimum Gasteiger partial charge on any atom is -0.396 e. The summed E-state index contributed by atoms with van der Waals surface area (Å²) in [5.41, 5.74) is 0.696. The van der Waals surface area contributed by atoms with E-state index < -0.39 is 19.2 Å². The third-order valence-corrected chi connectivity index (χ3v) is 1.52. The molecule has 0 aromatic rings. The van der Waals surface area contributed by atoms with Crippen molar-refractivity contribution in [1.82, 2.24) is 0 Å². The molecule has 2 nitrogen and oxygen atoms in total. The monoisotopic (exact) mass is 197 g/mol. The molecule has 5 heteroatoms. The van der Waals surface area contributed by atoms with Crippen molar-refractivity contribution < 1.29 is 18.0 Å². The third kappa shape index (κ3) is 7.62. The predicted octanol–water partition coefficient (Wildman–Crippen LogP) is 2.99. The van der Waals surface area contributed by atoms with Crippen LogP contribution < -0.4 is 0 Å². The highest BCUT2D eigenvalue weighted by Crippen LogP contribution is 2.18. The highest BCUT2D eigenvalue weighted by molar-refractivity contribution is 5.83.